The Bertz CT molecular complexity index is 738. The first-order chi connectivity index (χ1) is 9.67. The van der Waals surface area contributed by atoms with Gasteiger partial charge < -0.3 is 5.32 Å². The summed E-state index contributed by atoms with van der Waals surface area (Å²) in [5.41, 5.74) is 2.49. The maximum Gasteiger partial charge on any atom is 0.240 e. The minimum atomic E-state index is 0.108. The Morgan fingerprint density at radius 1 is 1.30 bits per heavy atom. The molecule has 3 heterocycles. The van der Waals surface area contributed by atoms with Crippen molar-refractivity contribution in [1.82, 2.24) is 9.97 Å². The van der Waals surface area contributed by atoms with E-state index in [2.05, 4.69) is 27.6 Å². The Balaban J connectivity index is 1.95. The van der Waals surface area contributed by atoms with E-state index in [4.69, 9.17) is 17.4 Å². The third-order valence-corrected chi connectivity index (χ3v) is 5.05. The molecule has 0 aliphatic heterocycles. The van der Waals surface area contributed by atoms with Gasteiger partial charge in [0.15, 0.2) is 0 Å². The Labute approximate surface area is 128 Å². The number of anilines is 2. The summed E-state index contributed by atoms with van der Waals surface area (Å²) in [6.45, 7) is 2.07. The molecule has 0 bridgehead atoms. The van der Waals surface area contributed by atoms with E-state index in [0.717, 1.165) is 25.2 Å². The van der Waals surface area contributed by atoms with Crippen molar-refractivity contribution in [2.24, 2.45) is 5.84 Å². The number of nitrogen functional groups attached to an aromatic ring is 1. The average Bonchev–Trinajstić information content (AvgIpc) is 3.06. The van der Waals surface area contributed by atoms with Gasteiger partial charge >= 0.3 is 0 Å². The molecular weight excluding hydrogens is 314 g/mol. The molecular formula is C12H12ClN5S2. The molecule has 0 amide bonds. The number of nitrogens with two attached hydrogens (primary N) is 1. The minimum Gasteiger partial charge on any atom is -0.362 e. The fourth-order valence-electron chi connectivity index (χ4n) is 1.87. The van der Waals surface area contributed by atoms with Crippen LogP contribution < -0.4 is 16.6 Å². The van der Waals surface area contributed by atoms with Gasteiger partial charge in [0.2, 0.25) is 5.95 Å². The van der Waals surface area contributed by atoms with Crippen LogP contribution in [-0.2, 0) is 0 Å². The maximum atomic E-state index is 5.97. The van der Waals surface area contributed by atoms with E-state index in [1.807, 2.05) is 23.6 Å². The smallest absolute Gasteiger partial charge is 0.240 e. The normalized spacial score (nSPS) is 12.6. The molecule has 1 unspecified atom stereocenters. The monoisotopic (exact) mass is 325 g/mol. The predicted molar refractivity (Wildman–Crippen MR) is 86.6 cm³/mol. The highest BCUT2D eigenvalue weighted by molar-refractivity contribution is 7.17. The summed E-state index contributed by atoms with van der Waals surface area (Å²) < 4.78 is 0.779. The molecule has 0 aliphatic carbocycles. The van der Waals surface area contributed by atoms with Crippen molar-refractivity contribution in [3.05, 3.63) is 32.8 Å². The Kier molecular flexibility index (Phi) is 3.75. The molecule has 0 radical (unpaired) electrons. The van der Waals surface area contributed by atoms with Gasteiger partial charge in [0.05, 0.1) is 15.8 Å². The van der Waals surface area contributed by atoms with Gasteiger partial charge in [-0.25, -0.2) is 10.8 Å². The summed E-state index contributed by atoms with van der Waals surface area (Å²) in [5.74, 6) is 6.58. The van der Waals surface area contributed by atoms with Crippen molar-refractivity contribution >= 4 is 56.3 Å². The number of hydrogen-bond donors (Lipinski definition) is 3. The number of hydrogen-bond acceptors (Lipinski definition) is 7. The van der Waals surface area contributed by atoms with Gasteiger partial charge in [0, 0.05) is 4.88 Å². The molecule has 0 saturated carbocycles. The number of nitrogens with zero attached hydrogens (tertiary/aromatic N) is 2. The Hall–Kier alpha value is -1.41. The second kappa shape index (κ2) is 5.53. The molecule has 1 atom stereocenters. The van der Waals surface area contributed by atoms with E-state index < -0.39 is 0 Å². The Morgan fingerprint density at radius 3 is 2.85 bits per heavy atom. The van der Waals surface area contributed by atoms with E-state index in [-0.39, 0.29) is 6.04 Å². The second-order valence-corrected chi connectivity index (χ2v) is 6.83. The van der Waals surface area contributed by atoms with E-state index in [1.54, 1.807) is 22.7 Å². The molecule has 3 aromatic heterocycles. The van der Waals surface area contributed by atoms with Crippen LogP contribution in [-0.4, -0.2) is 9.97 Å². The lowest BCUT2D eigenvalue weighted by Crippen LogP contribution is -2.13. The lowest BCUT2D eigenvalue weighted by molar-refractivity contribution is 0.898. The molecule has 0 aromatic carbocycles. The molecule has 5 nitrogen and oxygen atoms in total. The van der Waals surface area contributed by atoms with Gasteiger partial charge in [-0.05, 0) is 30.5 Å². The number of thiophene rings is 2. The van der Waals surface area contributed by atoms with Crippen LogP contribution in [0.1, 0.15) is 17.8 Å². The standard InChI is InChI=1S/C12H12ClN5S2/c1-6(8-2-3-9(13)20-8)15-10-7-4-5-19-11(7)17-12(16-10)18-14/h2-6H,14H2,1H3,(H2,15,16,17,18). The summed E-state index contributed by atoms with van der Waals surface area (Å²) in [6.07, 6.45) is 0. The van der Waals surface area contributed by atoms with Gasteiger partial charge in [0.25, 0.3) is 0 Å². The van der Waals surface area contributed by atoms with Crippen molar-refractivity contribution in [3.63, 3.8) is 0 Å². The molecule has 0 aliphatic rings. The molecule has 4 N–H and O–H groups in total. The summed E-state index contributed by atoms with van der Waals surface area (Å²) in [5, 5.41) is 6.36. The Morgan fingerprint density at radius 2 is 2.15 bits per heavy atom. The molecule has 0 saturated heterocycles. The zero-order chi connectivity index (χ0) is 14.1. The predicted octanol–water partition coefficient (Wildman–Crippen LogP) is 3.86. The van der Waals surface area contributed by atoms with Crippen LogP contribution in [0.5, 0.6) is 0 Å². The summed E-state index contributed by atoms with van der Waals surface area (Å²) in [4.78, 5) is 10.7. The van der Waals surface area contributed by atoms with Gasteiger partial charge in [-0.3, -0.25) is 5.43 Å². The SMILES string of the molecule is CC(Nc1nc(NN)nc2sccc12)c1ccc(Cl)s1. The van der Waals surface area contributed by atoms with E-state index in [1.165, 1.54) is 0 Å². The molecule has 104 valence electrons. The molecule has 3 aromatic rings. The van der Waals surface area contributed by atoms with Crippen LogP contribution in [0, 0.1) is 0 Å². The van der Waals surface area contributed by atoms with Gasteiger partial charge in [-0.15, -0.1) is 22.7 Å². The summed E-state index contributed by atoms with van der Waals surface area (Å²) in [7, 11) is 0. The summed E-state index contributed by atoms with van der Waals surface area (Å²) in [6, 6.07) is 6.01. The van der Waals surface area contributed by atoms with Crippen LogP contribution >= 0.6 is 34.3 Å². The maximum absolute atomic E-state index is 5.97. The molecule has 0 fully saturated rings. The minimum absolute atomic E-state index is 0.108. The first-order valence-corrected chi connectivity index (χ1v) is 7.98. The first kappa shape index (κ1) is 13.6. The van der Waals surface area contributed by atoms with E-state index >= 15 is 0 Å². The van der Waals surface area contributed by atoms with Crippen LogP contribution in [0.4, 0.5) is 11.8 Å². The topological polar surface area (TPSA) is 75.9 Å². The van der Waals surface area contributed by atoms with Crippen molar-refractivity contribution in [1.29, 1.82) is 0 Å². The lowest BCUT2D eigenvalue weighted by atomic mass is 10.2. The van der Waals surface area contributed by atoms with Crippen LogP contribution in [0.2, 0.25) is 4.34 Å². The second-order valence-electron chi connectivity index (χ2n) is 4.19. The van der Waals surface area contributed by atoms with Crippen molar-refractivity contribution in [2.45, 2.75) is 13.0 Å². The number of rotatable bonds is 4. The highest BCUT2D eigenvalue weighted by Crippen LogP contribution is 2.32. The fourth-order valence-corrected chi connectivity index (χ4v) is 3.69. The zero-order valence-corrected chi connectivity index (χ0v) is 12.9. The average molecular weight is 326 g/mol. The van der Waals surface area contributed by atoms with Crippen molar-refractivity contribution < 1.29 is 0 Å². The van der Waals surface area contributed by atoms with Crippen molar-refractivity contribution in [2.75, 3.05) is 10.7 Å². The van der Waals surface area contributed by atoms with Gasteiger partial charge in [0.1, 0.15) is 10.6 Å². The highest BCUT2D eigenvalue weighted by atomic mass is 35.5. The lowest BCUT2D eigenvalue weighted by Gasteiger charge is -2.14. The van der Waals surface area contributed by atoms with E-state index in [0.29, 0.717) is 5.95 Å². The first-order valence-electron chi connectivity index (χ1n) is 5.91. The van der Waals surface area contributed by atoms with E-state index in [9.17, 15) is 0 Å². The highest BCUT2D eigenvalue weighted by Gasteiger charge is 2.13. The van der Waals surface area contributed by atoms with Gasteiger partial charge in [-0.2, -0.15) is 4.98 Å². The molecule has 0 spiro atoms. The number of fused-ring (bicyclic) bond motifs is 1. The molecule has 8 heteroatoms. The number of aromatic nitrogens is 2. The number of halogens is 1. The van der Waals surface area contributed by atoms with Crippen LogP contribution in [0.3, 0.4) is 0 Å². The molecule has 20 heavy (non-hydrogen) atoms. The third kappa shape index (κ3) is 2.57. The van der Waals surface area contributed by atoms with Crippen molar-refractivity contribution in [3.8, 4) is 0 Å². The largest absolute Gasteiger partial charge is 0.362 e. The molecule has 3 rings (SSSR count). The number of nitrogens with one attached hydrogen (secondary N) is 2. The van der Waals surface area contributed by atoms with Crippen LogP contribution in [0.25, 0.3) is 10.2 Å². The quantitative estimate of drug-likeness (QED) is 0.501. The third-order valence-electron chi connectivity index (χ3n) is 2.83. The fraction of sp³-hybridized carbons (Fsp3) is 0.167. The van der Waals surface area contributed by atoms with Crippen LogP contribution in [0.15, 0.2) is 23.6 Å². The zero-order valence-electron chi connectivity index (χ0n) is 10.6. The van der Waals surface area contributed by atoms with Gasteiger partial charge in [-0.1, -0.05) is 11.6 Å². The number of hydrazine groups is 1. The summed E-state index contributed by atoms with van der Waals surface area (Å²) >= 11 is 9.08.